The molecule has 16 heavy (non-hydrogen) atoms. The molecule has 0 aliphatic carbocycles. The Balaban J connectivity index is 2.03. The van der Waals surface area contributed by atoms with Crippen LogP contribution in [0.25, 0.3) is 0 Å². The molecule has 0 saturated carbocycles. The van der Waals surface area contributed by atoms with E-state index in [-0.39, 0.29) is 5.91 Å². The molecule has 1 aromatic heterocycles. The van der Waals surface area contributed by atoms with E-state index in [4.69, 9.17) is 0 Å². The number of thiophene rings is 1. The van der Waals surface area contributed by atoms with Crippen LogP contribution < -0.4 is 5.32 Å². The van der Waals surface area contributed by atoms with Gasteiger partial charge in [0, 0.05) is 23.4 Å². The molecule has 2 heterocycles. The number of amides is 1. The van der Waals surface area contributed by atoms with Gasteiger partial charge in [-0.15, -0.1) is 24.0 Å². The molecular formula is C11H16N2OS2. The van der Waals surface area contributed by atoms with Gasteiger partial charge in [0.25, 0.3) is 5.91 Å². The number of hydrogen-bond donors (Lipinski definition) is 2. The minimum Gasteiger partial charge on any atom is -0.338 e. The molecule has 88 valence electrons. The lowest BCUT2D eigenvalue weighted by Gasteiger charge is -2.31. The molecule has 0 radical (unpaired) electrons. The zero-order valence-corrected chi connectivity index (χ0v) is 11.0. The fraction of sp³-hybridized carbons (Fsp3) is 0.545. The number of thiol groups is 1. The van der Waals surface area contributed by atoms with Gasteiger partial charge in [0.05, 0.1) is 4.88 Å². The third-order valence-corrected chi connectivity index (χ3v) is 4.32. The van der Waals surface area contributed by atoms with Crippen molar-refractivity contribution in [1.29, 1.82) is 0 Å². The van der Waals surface area contributed by atoms with Crippen LogP contribution >= 0.6 is 24.0 Å². The van der Waals surface area contributed by atoms with Gasteiger partial charge < -0.3 is 10.2 Å². The lowest BCUT2D eigenvalue weighted by atomic mass is 10.1. The summed E-state index contributed by atoms with van der Waals surface area (Å²) in [5.74, 6) is 0.122. The quantitative estimate of drug-likeness (QED) is 0.792. The highest BCUT2D eigenvalue weighted by atomic mass is 32.1. The van der Waals surface area contributed by atoms with Crippen molar-refractivity contribution in [1.82, 2.24) is 10.2 Å². The molecule has 0 spiro atoms. The second-order valence-corrected chi connectivity index (χ2v) is 5.49. The van der Waals surface area contributed by atoms with E-state index < -0.39 is 0 Å². The SMILES string of the molecule is CN(C(=O)c1cc(S)cs1)C1CCNCC1. The van der Waals surface area contributed by atoms with E-state index in [2.05, 4.69) is 17.9 Å². The molecule has 5 heteroatoms. The number of nitrogens with one attached hydrogen (secondary N) is 1. The minimum absolute atomic E-state index is 0.122. The second kappa shape index (κ2) is 5.21. The fourth-order valence-electron chi connectivity index (χ4n) is 1.97. The Morgan fingerprint density at radius 3 is 2.81 bits per heavy atom. The van der Waals surface area contributed by atoms with Crippen LogP contribution in [0.5, 0.6) is 0 Å². The van der Waals surface area contributed by atoms with Crippen LogP contribution in [0, 0.1) is 0 Å². The van der Waals surface area contributed by atoms with Gasteiger partial charge in [0.15, 0.2) is 0 Å². The molecule has 1 fully saturated rings. The van der Waals surface area contributed by atoms with Gasteiger partial charge in [-0.05, 0) is 32.0 Å². The molecule has 3 nitrogen and oxygen atoms in total. The third-order valence-electron chi connectivity index (χ3n) is 2.97. The summed E-state index contributed by atoms with van der Waals surface area (Å²) in [4.78, 5) is 15.7. The summed E-state index contributed by atoms with van der Waals surface area (Å²) in [6, 6.07) is 2.22. The number of carbonyl (C=O) groups excluding carboxylic acids is 1. The molecule has 0 atom stereocenters. The van der Waals surface area contributed by atoms with Crippen molar-refractivity contribution in [2.24, 2.45) is 0 Å². The van der Waals surface area contributed by atoms with E-state index in [1.165, 1.54) is 11.3 Å². The number of rotatable bonds is 2. The summed E-state index contributed by atoms with van der Waals surface area (Å²) < 4.78 is 0. The van der Waals surface area contributed by atoms with E-state index in [1.807, 2.05) is 23.4 Å². The maximum Gasteiger partial charge on any atom is 0.263 e. The van der Waals surface area contributed by atoms with Gasteiger partial charge in [-0.2, -0.15) is 0 Å². The molecule has 0 unspecified atom stereocenters. The van der Waals surface area contributed by atoms with E-state index in [1.54, 1.807) is 0 Å². The first kappa shape index (κ1) is 12.0. The molecule has 1 aliphatic rings. The molecule has 0 bridgehead atoms. The second-order valence-electron chi connectivity index (χ2n) is 4.07. The van der Waals surface area contributed by atoms with Gasteiger partial charge in [-0.25, -0.2) is 0 Å². The van der Waals surface area contributed by atoms with Crippen LogP contribution in [0.2, 0.25) is 0 Å². The summed E-state index contributed by atoms with van der Waals surface area (Å²) in [5.41, 5.74) is 0. The van der Waals surface area contributed by atoms with E-state index >= 15 is 0 Å². The van der Waals surface area contributed by atoms with Crippen LogP contribution in [0.1, 0.15) is 22.5 Å². The Morgan fingerprint density at radius 1 is 1.56 bits per heavy atom. The van der Waals surface area contributed by atoms with Crippen molar-refractivity contribution in [3.63, 3.8) is 0 Å². The highest BCUT2D eigenvalue weighted by molar-refractivity contribution is 7.80. The predicted molar refractivity (Wildman–Crippen MR) is 69.6 cm³/mol. The van der Waals surface area contributed by atoms with Gasteiger partial charge in [0.2, 0.25) is 0 Å². The maximum absolute atomic E-state index is 12.1. The van der Waals surface area contributed by atoms with Crippen molar-refractivity contribution in [3.8, 4) is 0 Å². The molecular weight excluding hydrogens is 240 g/mol. The van der Waals surface area contributed by atoms with Crippen molar-refractivity contribution in [2.75, 3.05) is 20.1 Å². The van der Waals surface area contributed by atoms with Crippen molar-refractivity contribution >= 4 is 29.9 Å². The van der Waals surface area contributed by atoms with Crippen LogP contribution in [0.3, 0.4) is 0 Å². The summed E-state index contributed by atoms with van der Waals surface area (Å²) >= 11 is 5.69. The Labute approximate surface area is 105 Å². The summed E-state index contributed by atoms with van der Waals surface area (Å²) in [7, 11) is 1.90. The largest absolute Gasteiger partial charge is 0.338 e. The van der Waals surface area contributed by atoms with E-state index in [0.717, 1.165) is 35.7 Å². The minimum atomic E-state index is 0.122. The first-order valence-electron chi connectivity index (χ1n) is 5.44. The van der Waals surface area contributed by atoms with Crippen LogP contribution in [0.15, 0.2) is 16.3 Å². The third kappa shape index (κ3) is 2.59. The van der Waals surface area contributed by atoms with Crippen molar-refractivity contribution in [2.45, 2.75) is 23.8 Å². The topological polar surface area (TPSA) is 32.3 Å². The van der Waals surface area contributed by atoms with Gasteiger partial charge in [0.1, 0.15) is 0 Å². The maximum atomic E-state index is 12.1. The van der Waals surface area contributed by atoms with Crippen LogP contribution in [0.4, 0.5) is 0 Å². The molecule has 1 N–H and O–H groups in total. The fourth-order valence-corrected chi connectivity index (χ4v) is 3.10. The van der Waals surface area contributed by atoms with Crippen molar-refractivity contribution < 1.29 is 4.79 Å². The average molecular weight is 256 g/mol. The zero-order valence-electron chi connectivity index (χ0n) is 9.27. The summed E-state index contributed by atoms with van der Waals surface area (Å²) in [6.07, 6.45) is 2.09. The lowest BCUT2D eigenvalue weighted by Crippen LogP contribution is -2.43. The van der Waals surface area contributed by atoms with Gasteiger partial charge in [-0.1, -0.05) is 0 Å². The molecule has 1 aromatic rings. The molecule has 2 rings (SSSR count). The van der Waals surface area contributed by atoms with E-state index in [9.17, 15) is 4.79 Å². The zero-order chi connectivity index (χ0) is 11.5. The van der Waals surface area contributed by atoms with E-state index in [0.29, 0.717) is 6.04 Å². The van der Waals surface area contributed by atoms with Crippen LogP contribution in [-0.4, -0.2) is 37.0 Å². The van der Waals surface area contributed by atoms with Crippen molar-refractivity contribution in [3.05, 3.63) is 16.3 Å². The Kier molecular flexibility index (Phi) is 3.89. The molecule has 1 aliphatic heterocycles. The van der Waals surface area contributed by atoms with Gasteiger partial charge >= 0.3 is 0 Å². The highest BCUT2D eigenvalue weighted by Crippen LogP contribution is 2.21. The number of hydrogen-bond acceptors (Lipinski definition) is 4. The molecule has 1 amide bonds. The molecule has 1 saturated heterocycles. The summed E-state index contributed by atoms with van der Waals surface area (Å²) in [5, 5.41) is 5.20. The first-order valence-corrected chi connectivity index (χ1v) is 6.76. The van der Waals surface area contributed by atoms with Crippen LogP contribution in [-0.2, 0) is 0 Å². The highest BCUT2D eigenvalue weighted by Gasteiger charge is 2.23. The standard InChI is InChI=1S/C11H16N2OS2/c1-13(8-2-4-12-5-3-8)11(14)10-6-9(15)7-16-10/h6-8,12,15H,2-5H2,1H3. The Hall–Kier alpha value is -0.520. The Morgan fingerprint density at radius 2 is 2.25 bits per heavy atom. The predicted octanol–water partition coefficient (Wildman–Crippen LogP) is 1.86. The average Bonchev–Trinajstić information content (AvgIpc) is 2.75. The Bertz CT molecular complexity index is 372. The monoisotopic (exact) mass is 256 g/mol. The molecule has 0 aromatic carbocycles. The number of carbonyl (C=O) groups is 1. The summed E-state index contributed by atoms with van der Waals surface area (Å²) in [6.45, 7) is 2.01. The first-order chi connectivity index (χ1) is 7.68. The number of nitrogens with zero attached hydrogens (tertiary/aromatic N) is 1. The normalized spacial score (nSPS) is 17.4. The number of piperidine rings is 1. The van der Waals surface area contributed by atoms with Gasteiger partial charge in [-0.3, -0.25) is 4.79 Å². The smallest absolute Gasteiger partial charge is 0.263 e. The lowest BCUT2D eigenvalue weighted by molar-refractivity contribution is 0.0708.